The van der Waals surface area contributed by atoms with Crippen molar-refractivity contribution in [2.75, 3.05) is 11.1 Å². The average molecular weight is 386 g/mol. The van der Waals surface area contributed by atoms with Gasteiger partial charge in [-0.1, -0.05) is 38.3 Å². The molecule has 0 saturated heterocycles. The summed E-state index contributed by atoms with van der Waals surface area (Å²) < 4.78 is 6.65. The molecule has 0 atom stereocenters. The Bertz CT molecular complexity index is 804. The van der Waals surface area contributed by atoms with Gasteiger partial charge in [0.25, 0.3) is 0 Å². The number of amides is 1. The van der Waals surface area contributed by atoms with Crippen LogP contribution in [0.25, 0.3) is 11.3 Å². The molecule has 1 heterocycles. The summed E-state index contributed by atoms with van der Waals surface area (Å²) in [6.45, 7) is 7.51. The number of benzene rings is 1. The van der Waals surface area contributed by atoms with E-state index in [0.717, 1.165) is 31.2 Å². The molecule has 0 aliphatic rings. The largest absolute Gasteiger partial charge is 0.443 e. The Morgan fingerprint density at radius 1 is 1.14 bits per heavy atom. The van der Waals surface area contributed by atoms with Crippen molar-refractivity contribution in [2.45, 2.75) is 65.4 Å². The molecule has 1 aromatic carbocycles. The molecular formula is C21H30N4O3. The monoisotopic (exact) mass is 386 g/mol. The molecule has 1 amide bonds. The molecule has 0 aliphatic heterocycles. The Morgan fingerprint density at radius 2 is 1.82 bits per heavy atom. The lowest BCUT2D eigenvalue weighted by Gasteiger charge is -2.20. The Kier molecular flexibility index (Phi) is 7.20. The zero-order chi connectivity index (χ0) is 20.7. The number of nitrogen functional groups attached to an aromatic ring is 1. The standard InChI is InChI=1S/C21H30N4O3/c1-5-6-7-8-9-18(26)24-16-12-10-15(11-13-16)17-14-23-19(22)25(17)20(27)28-21(2,3)4/h10-14H,5-9H2,1-4H3,(H2,22,23)(H,24,26). The van der Waals surface area contributed by atoms with Gasteiger partial charge in [0.1, 0.15) is 5.60 Å². The van der Waals surface area contributed by atoms with Gasteiger partial charge in [0, 0.05) is 17.7 Å². The van der Waals surface area contributed by atoms with E-state index in [9.17, 15) is 9.59 Å². The SMILES string of the molecule is CCCCCCC(=O)Nc1ccc(-c2cnc(N)n2C(=O)OC(C)(C)C)cc1. The molecule has 0 fully saturated rings. The molecule has 2 rings (SSSR count). The Hall–Kier alpha value is -2.83. The fourth-order valence-electron chi connectivity index (χ4n) is 2.73. The van der Waals surface area contributed by atoms with Crippen molar-refractivity contribution in [3.05, 3.63) is 30.5 Å². The van der Waals surface area contributed by atoms with Gasteiger partial charge in [0.05, 0.1) is 11.9 Å². The van der Waals surface area contributed by atoms with E-state index in [1.165, 1.54) is 10.8 Å². The number of rotatable bonds is 7. The molecule has 7 heteroatoms. The molecule has 28 heavy (non-hydrogen) atoms. The molecule has 0 spiro atoms. The van der Waals surface area contributed by atoms with E-state index in [0.29, 0.717) is 17.8 Å². The predicted octanol–water partition coefficient (Wildman–Crippen LogP) is 4.82. The van der Waals surface area contributed by atoms with Crippen molar-refractivity contribution in [1.82, 2.24) is 9.55 Å². The summed E-state index contributed by atoms with van der Waals surface area (Å²) in [7, 11) is 0. The van der Waals surface area contributed by atoms with Crippen LogP contribution in [0.15, 0.2) is 30.5 Å². The quantitative estimate of drug-likeness (QED) is 0.664. The summed E-state index contributed by atoms with van der Waals surface area (Å²) in [5, 5.41) is 2.89. The number of hydrogen-bond donors (Lipinski definition) is 2. The summed E-state index contributed by atoms with van der Waals surface area (Å²) in [6.07, 6.45) is 5.72. The van der Waals surface area contributed by atoms with Gasteiger partial charge >= 0.3 is 6.09 Å². The normalized spacial score (nSPS) is 11.3. The number of carbonyl (C=O) groups excluding carboxylic acids is 2. The van der Waals surface area contributed by atoms with Gasteiger partial charge in [-0.05, 0) is 39.3 Å². The summed E-state index contributed by atoms with van der Waals surface area (Å²) >= 11 is 0. The van der Waals surface area contributed by atoms with Crippen LogP contribution >= 0.6 is 0 Å². The highest BCUT2D eigenvalue weighted by atomic mass is 16.6. The Balaban J connectivity index is 2.08. The van der Waals surface area contributed by atoms with E-state index in [1.807, 2.05) is 12.1 Å². The first kappa shape index (κ1) is 21.5. The van der Waals surface area contributed by atoms with E-state index in [2.05, 4.69) is 17.2 Å². The minimum Gasteiger partial charge on any atom is -0.443 e. The Morgan fingerprint density at radius 3 is 2.43 bits per heavy atom. The maximum absolute atomic E-state index is 12.5. The van der Waals surface area contributed by atoms with Crippen molar-refractivity contribution in [3.63, 3.8) is 0 Å². The molecule has 152 valence electrons. The van der Waals surface area contributed by atoms with Crippen LogP contribution < -0.4 is 11.1 Å². The van der Waals surface area contributed by atoms with Crippen LogP contribution in [0.5, 0.6) is 0 Å². The van der Waals surface area contributed by atoms with Gasteiger partial charge in [-0.3, -0.25) is 4.79 Å². The van der Waals surface area contributed by atoms with Gasteiger partial charge in [-0.2, -0.15) is 0 Å². The topological polar surface area (TPSA) is 99.2 Å². The third-order valence-corrected chi connectivity index (χ3v) is 4.09. The molecule has 3 N–H and O–H groups in total. The number of unbranched alkanes of at least 4 members (excludes halogenated alkanes) is 3. The summed E-state index contributed by atoms with van der Waals surface area (Å²) in [6, 6.07) is 7.21. The number of aromatic nitrogens is 2. The van der Waals surface area contributed by atoms with Crippen molar-refractivity contribution in [2.24, 2.45) is 0 Å². The molecule has 0 saturated carbocycles. The smallest absolute Gasteiger partial charge is 0.421 e. The average Bonchev–Trinajstić information content (AvgIpc) is 3.00. The number of imidazole rings is 1. The number of nitrogens with two attached hydrogens (primary N) is 1. The van der Waals surface area contributed by atoms with Crippen LogP contribution in [0.1, 0.15) is 59.8 Å². The highest BCUT2D eigenvalue weighted by Crippen LogP contribution is 2.25. The van der Waals surface area contributed by atoms with Gasteiger partial charge in [0.2, 0.25) is 11.9 Å². The van der Waals surface area contributed by atoms with Crippen LogP contribution in [-0.4, -0.2) is 27.2 Å². The van der Waals surface area contributed by atoms with Crippen molar-refractivity contribution in [1.29, 1.82) is 0 Å². The Labute approximate surface area is 166 Å². The second-order valence-corrected chi connectivity index (χ2v) is 7.75. The van der Waals surface area contributed by atoms with E-state index >= 15 is 0 Å². The third kappa shape index (κ3) is 6.11. The van der Waals surface area contributed by atoms with Gasteiger partial charge in [0.15, 0.2) is 0 Å². The second kappa shape index (κ2) is 9.39. The molecule has 7 nitrogen and oxygen atoms in total. The van der Waals surface area contributed by atoms with Crippen molar-refractivity contribution in [3.8, 4) is 11.3 Å². The lowest BCUT2D eigenvalue weighted by Crippen LogP contribution is -2.28. The van der Waals surface area contributed by atoms with Crippen LogP contribution in [-0.2, 0) is 9.53 Å². The molecular weight excluding hydrogens is 356 g/mol. The number of carbonyl (C=O) groups is 2. The summed E-state index contributed by atoms with van der Waals surface area (Å²) in [5.74, 6) is 0.0700. The number of anilines is 2. The number of nitrogens with one attached hydrogen (secondary N) is 1. The van der Waals surface area contributed by atoms with Gasteiger partial charge < -0.3 is 15.8 Å². The fourth-order valence-corrected chi connectivity index (χ4v) is 2.73. The first-order valence-corrected chi connectivity index (χ1v) is 9.68. The molecule has 2 aromatic rings. The number of hydrogen-bond acceptors (Lipinski definition) is 5. The fraction of sp³-hybridized carbons (Fsp3) is 0.476. The number of nitrogens with zero attached hydrogens (tertiary/aromatic N) is 2. The molecule has 1 aromatic heterocycles. The van der Waals surface area contributed by atoms with Crippen LogP contribution in [0.3, 0.4) is 0 Å². The van der Waals surface area contributed by atoms with Crippen LogP contribution in [0.4, 0.5) is 16.4 Å². The lowest BCUT2D eigenvalue weighted by atomic mass is 10.1. The maximum atomic E-state index is 12.5. The minimum atomic E-state index is -0.643. The highest BCUT2D eigenvalue weighted by Gasteiger charge is 2.22. The first-order valence-electron chi connectivity index (χ1n) is 9.68. The molecule has 0 radical (unpaired) electrons. The van der Waals surface area contributed by atoms with Gasteiger partial charge in [-0.15, -0.1) is 0 Å². The molecule has 0 aliphatic carbocycles. The van der Waals surface area contributed by atoms with Crippen molar-refractivity contribution >= 4 is 23.6 Å². The zero-order valence-electron chi connectivity index (χ0n) is 17.1. The molecule has 0 bridgehead atoms. The summed E-state index contributed by atoms with van der Waals surface area (Å²) in [5.41, 5.74) is 7.20. The summed E-state index contributed by atoms with van der Waals surface area (Å²) in [4.78, 5) is 28.5. The third-order valence-electron chi connectivity index (χ3n) is 4.09. The second-order valence-electron chi connectivity index (χ2n) is 7.75. The van der Waals surface area contributed by atoms with E-state index in [-0.39, 0.29) is 11.9 Å². The minimum absolute atomic E-state index is 0.00638. The highest BCUT2D eigenvalue weighted by molar-refractivity contribution is 5.91. The zero-order valence-corrected chi connectivity index (χ0v) is 17.1. The molecule has 0 unspecified atom stereocenters. The maximum Gasteiger partial charge on any atom is 0.421 e. The van der Waals surface area contributed by atoms with Crippen LogP contribution in [0, 0.1) is 0 Å². The number of ether oxygens (including phenoxy) is 1. The first-order chi connectivity index (χ1) is 13.2. The van der Waals surface area contributed by atoms with E-state index in [4.69, 9.17) is 10.5 Å². The lowest BCUT2D eigenvalue weighted by molar-refractivity contribution is -0.116. The van der Waals surface area contributed by atoms with Gasteiger partial charge in [-0.25, -0.2) is 14.3 Å². The van der Waals surface area contributed by atoms with Crippen molar-refractivity contribution < 1.29 is 14.3 Å². The predicted molar refractivity (Wildman–Crippen MR) is 111 cm³/mol. The van der Waals surface area contributed by atoms with E-state index < -0.39 is 11.7 Å². The van der Waals surface area contributed by atoms with Crippen LogP contribution in [0.2, 0.25) is 0 Å². The van der Waals surface area contributed by atoms with E-state index in [1.54, 1.807) is 32.9 Å².